The Labute approximate surface area is 542 Å². The van der Waals surface area contributed by atoms with E-state index in [1.165, 1.54) is 12.8 Å². The van der Waals surface area contributed by atoms with Crippen LogP contribution in [0, 0.1) is 45.3 Å². The topological polar surface area (TPSA) is 291 Å². The molecule has 2 saturated carbocycles. The normalized spacial score (nSPS) is 20.6. The van der Waals surface area contributed by atoms with Gasteiger partial charge in [0.15, 0.2) is 0 Å². The molecule has 2 atom stereocenters. The number of hydrogen-bond donors (Lipinski definition) is 6. The van der Waals surface area contributed by atoms with E-state index in [9.17, 15) is 44.9 Å². The zero-order valence-corrected chi connectivity index (χ0v) is 54.2. The van der Waals surface area contributed by atoms with Gasteiger partial charge in [0.1, 0.15) is 11.6 Å². The first-order valence-corrected chi connectivity index (χ1v) is 34.8. The Balaban J connectivity index is 0.000000295. The second-order valence-electron chi connectivity index (χ2n) is 23.2. The molecule has 20 nitrogen and oxygen atoms in total. The van der Waals surface area contributed by atoms with E-state index < -0.39 is 41.4 Å². The number of sulfonamides is 1. The highest BCUT2D eigenvalue weighted by molar-refractivity contribution is 8.14. The van der Waals surface area contributed by atoms with E-state index >= 15 is 0 Å². The molecule has 8 rings (SSSR count). The SMILES string of the molecule is C.CC(COCCN)NC1CCC(Cc2cc(-c3cccc(NCC4(C#N)CCOCC4)n3)c(Cl)cn2)CC1.CC(COCCNS(=O)(=O)C(F)F)NC1CCC(Cc2cc(-c3cccc(NCC4(C#N)CCOCC4)n3)c(Cl)cn2)CC1.O=S(=O)(Cl)C(F)F. The minimum absolute atomic E-state index is 0. The number of pyridine rings is 4. The molecule has 4 fully saturated rings. The Morgan fingerprint density at radius 1 is 0.667 bits per heavy atom. The first-order chi connectivity index (χ1) is 42.5. The van der Waals surface area contributed by atoms with Crippen molar-refractivity contribution in [1.29, 1.82) is 10.5 Å². The first kappa shape index (κ1) is 76.1. The molecule has 29 heteroatoms. The van der Waals surface area contributed by atoms with E-state index in [1.54, 1.807) is 12.4 Å². The fourth-order valence-electron chi connectivity index (χ4n) is 11.1. The fraction of sp³-hybridized carbons (Fsp3) is 0.639. The minimum Gasteiger partial charge on any atom is -0.381 e. The molecule has 7 N–H and O–H groups in total. The van der Waals surface area contributed by atoms with Crippen molar-refractivity contribution >= 4 is 64.6 Å². The van der Waals surface area contributed by atoms with Crippen molar-refractivity contribution in [2.24, 2.45) is 28.4 Å². The minimum atomic E-state index is -4.60. The van der Waals surface area contributed by atoms with Gasteiger partial charge in [-0.3, -0.25) is 9.97 Å². The maximum absolute atomic E-state index is 12.3. The summed E-state index contributed by atoms with van der Waals surface area (Å²) in [5.74, 6) is -4.37. The molecule has 0 radical (unpaired) electrons. The van der Waals surface area contributed by atoms with Crippen LogP contribution in [0.15, 0.2) is 60.9 Å². The van der Waals surface area contributed by atoms with Crippen molar-refractivity contribution < 1.29 is 53.3 Å². The first-order valence-electron chi connectivity index (χ1n) is 30.1. The van der Waals surface area contributed by atoms with Crippen molar-refractivity contribution in [3.8, 4) is 34.7 Å². The summed E-state index contributed by atoms with van der Waals surface area (Å²) in [6, 6.07) is 22.0. The summed E-state index contributed by atoms with van der Waals surface area (Å²) in [5, 5.41) is 34.6. The number of nitrogens with zero attached hydrogens (tertiary/aromatic N) is 6. The molecule has 500 valence electrons. The van der Waals surface area contributed by atoms with Gasteiger partial charge in [0.05, 0.1) is 70.8 Å². The number of rotatable bonds is 28. The average Bonchev–Trinajstić information content (AvgIpc) is 0.961. The number of nitrogens with one attached hydrogen (secondary N) is 5. The number of anilines is 2. The zero-order chi connectivity index (χ0) is 64.5. The molecule has 2 unspecified atom stereocenters. The van der Waals surface area contributed by atoms with Gasteiger partial charge in [0.2, 0.25) is 0 Å². The predicted octanol–water partition coefficient (Wildman–Crippen LogP) is 10.8. The number of halogens is 7. The standard InChI is InChI=1S/C30H41ClF2N6O4S.C29H41ClN6O2.CHClF2O2S.CH4/c1-21(18-43-14-11-37-44(40,41)29(32)33)38-23-7-5-22(6-8-23)15-24-16-25(26(31)17-35-24)27-3-2-4-28(39-27)36-20-30(19-34)9-12-42-13-10-30;1-21(18-38-14-11-31)35-23-7-5-22(6-8-23)15-24-16-25(26(30)17-33-24)27-3-2-4-28(36-27)34-20-29(19-32)9-12-37-13-10-29;2-7(5,6)1(3)4;/h2-4,16-17,21-23,29,37-38H,5-15,18,20H2,1H3,(H,36,39);2-4,16-17,21-23,35H,5-15,18,20,31H2,1H3,(H,34,36);1H;1H4. The number of hydrogen-bond acceptors (Lipinski definition) is 19. The van der Waals surface area contributed by atoms with Gasteiger partial charge < -0.3 is 45.9 Å². The van der Waals surface area contributed by atoms with Crippen molar-refractivity contribution in [3.05, 3.63) is 82.4 Å². The van der Waals surface area contributed by atoms with Gasteiger partial charge in [0, 0.05) is 122 Å². The zero-order valence-electron chi connectivity index (χ0n) is 50.3. The monoisotopic (exact) mass is 1360 g/mol. The van der Waals surface area contributed by atoms with Crippen molar-refractivity contribution in [2.45, 2.75) is 147 Å². The molecule has 0 amide bonds. The third-order valence-electron chi connectivity index (χ3n) is 16.2. The third-order valence-corrected chi connectivity index (χ3v) is 18.7. The van der Waals surface area contributed by atoms with Crippen molar-refractivity contribution in [3.63, 3.8) is 0 Å². The predicted molar refractivity (Wildman–Crippen MR) is 343 cm³/mol. The largest absolute Gasteiger partial charge is 0.381 e. The van der Waals surface area contributed by atoms with Gasteiger partial charge in [-0.1, -0.05) is 42.8 Å². The molecule has 4 aliphatic rings. The Hall–Kier alpha value is -4.65. The van der Waals surface area contributed by atoms with E-state index in [4.69, 9.17) is 57.9 Å². The van der Waals surface area contributed by atoms with Crippen LogP contribution in [0.4, 0.5) is 29.2 Å². The molecule has 4 aromatic rings. The van der Waals surface area contributed by atoms with Gasteiger partial charge in [-0.25, -0.2) is 31.5 Å². The number of alkyl halides is 4. The molecule has 4 aromatic heterocycles. The maximum atomic E-state index is 12.3. The summed E-state index contributed by atoms with van der Waals surface area (Å²) in [6.07, 6.45) is 16.9. The average molecular weight is 1360 g/mol. The van der Waals surface area contributed by atoms with E-state index in [0.29, 0.717) is 125 Å². The second kappa shape index (κ2) is 37.9. The summed E-state index contributed by atoms with van der Waals surface area (Å²) in [5.41, 5.74) is 9.93. The Kier molecular flexibility index (Phi) is 32.0. The van der Waals surface area contributed by atoms with Gasteiger partial charge in [0.25, 0.3) is 19.1 Å². The molecule has 0 spiro atoms. The van der Waals surface area contributed by atoms with Crippen LogP contribution in [0.5, 0.6) is 0 Å². The second-order valence-corrected chi connectivity index (χ2v) is 28.3. The highest BCUT2D eigenvalue weighted by atomic mass is 35.7. The van der Waals surface area contributed by atoms with Gasteiger partial charge >= 0.3 is 11.5 Å². The van der Waals surface area contributed by atoms with Gasteiger partial charge in [-0.2, -0.15) is 28.1 Å². The molecule has 2 aliphatic heterocycles. The number of ether oxygens (including phenoxy) is 4. The quantitative estimate of drug-likeness (QED) is 0.0175. The summed E-state index contributed by atoms with van der Waals surface area (Å²) < 4.78 is 111. The van der Waals surface area contributed by atoms with Crippen LogP contribution < -0.4 is 31.7 Å². The molecule has 90 heavy (non-hydrogen) atoms. The molecule has 6 heterocycles. The summed E-state index contributed by atoms with van der Waals surface area (Å²) in [7, 11) is -5.10. The number of nitriles is 2. The smallest absolute Gasteiger partial charge is 0.350 e. The fourth-order valence-corrected chi connectivity index (χ4v) is 12.0. The lowest BCUT2D eigenvalue weighted by Crippen LogP contribution is -2.42. The molecular weight excluding hydrogens is 1280 g/mol. The van der Waals surface area contributed by atoms with Gasteiger partial charge in [-0.15, -0.1) is 0 Å². The summed E-state index contributed by atoms with van der Waals surface area (Å²) >= 11 is 13.1. The molecule has 0 aromatic carbocycles. The van der Waals surface area contributed by atoms with E-state index in [0.717, 1.165) is 104 Å². The van der Waals surface area contributed by atoms with Crippen LogP contribution in [0.1, 0.15) is 110 Å². The van der Waals surface area contributed by atoms with Crippen LogP contribution in [0.2, 0.25) is 10.0 Å². The Morgan fingerprint density at radius 2 is 1.07 bits per heavy atom. The Morgan fingerprint density at radius 3 is 1.43 bits per heavy atom. The Bertz CT molecular complexity index is 3130. The number of nitrogens with two attached hydrogens (primary N) is 1. The van der Waals surface area contributed by atoms with Crippen LogP contribution >= 0.6 is 33.9 Å². The lowest BCUT2D eigenvalue weighted by molar-refractivity contribution is 0.0454. The number of aromatic nitrogens is 4. The van der Waals surface area contributed by atoms with E-state index in [1.807, 2.05) is 54.1 Å². The maximum Gasteiger partial charge on any atom is 0.350 e. The highest BCUT2D eigenvalue weighted by Gasteiger charge is 2.34. The molecular formula is C61H87Cl3F4N12O8S2. The third kappa shape index (κ3) is 25.3. The van der Waals surface area contributed by atoms with Crippen LogP contribution in [0.25, 0.3) is 22.5 Å². The van der Waals surface area contributed by atoms with Crippen LogP contribution in [-0.4, -0.2) is 151 Å². The van der Waals surface area contributed by atoms with Crippen molar-refractivity contribution in [2.75, 3.05) is 89.7 Å². The van der Waals surface area contributed by atoms with Crippen LogP contribution in [0.3, 0.4) is 0 Å². The van der Waals surface area contributed by atoms with E-state index in [-0.39, 0.29) is 26.6 Å². The highest BCUT2D eigenvalue weighted by Crippen LogP contribution is 2.36. The van der Waals surface area contributed by atoms with Crippen LogP contribution in [-0.2, 0) is 50.9 Å². The molecule has 2 aliphatic carbocycles. The van der Waals surface area contributed by atoms with Crippen molar-refractivity contribution in [1.82, 2.24) is 35.3 Å². The lowest BCUT2D eigenvalue weighted by Gasteiger charge is -2.31. The molecule has 0 bridgehead atoms. The summed E-state index contributed by atoms with van der Waals surface area (Å²) in [6.45, 7) is 9.72. The lowest BCUT2D eigenvalue weighted by atomic mass is 9.82. The van der Waals surface area contributed by atoms with E-state index in [2.05, 4.69) is 67.0 Å². The summed E-state index contributed by atoms with van der Waals surface area (Å²) in [4.78, 5) is 18.8. The van der Waals surface area contributed by atoms with Gasteiger partial charge in [-0.05, 0) is 152 Å². The molecule has 2 saturated heterocycles.